The molecule has 0 aliphatic heterocycles. The van der Waals surface area contributed by atoms with Crippen molar-refractivity contribution in [3.8, 4) is 0 Å². The molecule has 0 atom stereocenters. The van der Waals surface area contributed by atoms with E-state index in [4.69, 9.17) is 5.73 Å². The minimum Gasteiger partial charge on any atom is -0.330 e. The van der Waals surface area contributed by atoms with E-state index < -0.39 is 0 Å². The largest absolute Gasteiger partial charge is 0.330 e. The van der Waals surface area contributed by atoms with Crippen LogP contribution in [0.25, 0.3) is 5.65 Å². The van der Waals surface area contributed by atoms with Crippen molar-refractivity contribution in [1.82, 2.24) is 19.6 Å². The van der Waals surface area contributed by atoms with E-state index in [1.54, 1.807) is 4.52 Å². The van der Waals surface area contributed by atoms with Crippen LogP contribution in [0.2, 0.25) is 0 Å². The number of nitrogens with two attached hydrogens (primary N) is 1. The molecule has 2 heterocycles. The molecule has 0 fully saturated rings. The lowest BCUT2D eigenvalue weighted by molar-refractivity contribution is 0.847. The molecule has 0 amide bonds. The normalized spacial score (nSPS) is 11.1. The zero-order valence-electron chi connectivity index (χ0n) is 8.36. The number of nitrogens with zero attached hydrogens (tertiary/aromatic N) is 4. The predicted molar refractivity (Wildman–Crippen MR) is 53.0 cm³/mol. The third kappa shape index (κ3) is 1.46. The van der Waals surface area contributed by atoms with Gasteiger partial charge < -0.3 is 5.73 Å². The molecule has 0 aliphatic rings. The van der Waals surface area contributed by atoms with Crippen LogP contribution < -0.4 is 5.73 Å². The molecule has 14 heavy (non-hydrogen) atoms. The maximum absolute atomic E-state index is 5.47. The summed E-state index contributed by atoms with van der Waals surface area (Å²) in [5.74, 6) is 0.764. The highest BCUT2D eigenvalue weighted by atomic mass is 15.3. The average molecular weight is 191 g/mol. The summed E-state index contributed by atoms with van der Waals surface area (Å²) >= 11 is 0. The second-order valence-corrected chi connectivity index (χ2v) is 3.28. The molecular weight excluding hydrogens is 178 g/mol. The Hall–Kier alpha value is -1.49. The van der Waals surface area contributed by atoms with Crippen molar-refractivity contribution < 1.29 is 0 Å². The van der Waals surface area contributed by atoms with E-state index >= 15 is 0 Å². The van der Waals surface area contributed by atoms with Crippen LogP contribution in [0.3, 0.4) is 0 Å². The van der Waals surface area contributed by atoms with E-state index in [2.05, 4.69) is 15.1 Å². The van der Waals surface area contributed by atoms with E-state index in [-0.39, 0.29) is 0 Å². The second kappa shape index (κ2) is 3.34. The lowest BCUT2D eigenvalue weighted by Gasteiger charge is -2.00. The first kappa shape index (κ1) is 9.08. The molecule has 0 spiro atoms. The number of hydrogen-bond acceptors (Lipinski definition) is 4. The molecule has 74 valence electrons. The second-order valence-electron chi connectivity index (χ2n) is 3.28. The molecule has 5 heteroatoms. The number of rotatable bonds is 2. The Bertz CT molecular complexity index is 459. The number of fused-ring (bicyclic) bond motifs is 1. The third-order valence-corrected chi connectivity index (χ3v) is 2.04. The minimum atomic E-state index is 0.603. The summed E-state index contributed by atoms with van der Waals surface area (Å²) in [6, 6.07) is 0. The van der Waals surface area contributed by atoms with Crippen LogP contribution in [0.15, 0.2) is 6.20 Å². The maximum atomic E-state index is 5.47. The van der Waals surface area contributed by atoms with Crippen molar-refractivity contribution in [1.29, 1.82) is 0 Å². The Balaban J connectivity index is 2.59. The highest BCUT2D eigenvalue weighted by Crippen LogP contribution is 2.06. The quantitative estimate of drug-likeness (QED) is 0.738. The van der Waals surface area contributed by atoms with Crippen molar-refractivity contribution in [3.63, 3.8) is 0 Å². The predicted octanol–water partition coefficient (Wildman–Crippen LogP) is 0.242. The minimum absolute atomic E-state index is 0.603. The first-order chi connectivity index (χ1) is 6.70. The molecule has 2 aromatic rings. The van der Waals surface area contributed by atoms with Gasteiger partial charge in [-0.25, -0.2) is 9.50 Å². The van der Waals surface area contributed by atoms with Gasteiger partial charge in [0.2, 0.25) is 0 Å². The van der Waals surface area contributed by atoms with Gasteiger partial charge in [-0.1, -0.05) is 0 Å². The summed E-state index contributed by atoms with van der Waals surface area (Å²) in [5.41, 5.74) is 8.16. The molecule has 5 nitrogen and oxygen atoms in total. The summed E-state index contributed by atoms with van der Waals surface area (Å²) in [7, 11) is 0. The molecule has 0 aromatic carbocycles. The number of aromatic nitrogens is 4. The van der Waals surface area contributed by atoms with Crippen LogP contribution in [0.5, 0.6) is 0 Å². The van der Waals surface area contributed by atoms with Crippen molar-refractivity contribution in [2.75, 3.05) is 6.54 Å². The summed E-state index contributed by atoms with van der Waals surface area (Å²) in [6.45, 7) is 4.41. The van der Waals surface area contributed by atoms with Gasteiger partial charge in [-0.05, 0) is 20.4 Å². The van der Waals surface area contributed by atoms with Gasteiger partial charge in [-0.2, -0.15) is 5.10 Å². The SMILES string of the molecule is Cc1nc2c(C)nc(CCN)cn2n1. The van der Waals surface area contributed by atoms with Crippen LogP contribution in [-0.2, 0) is 6.42 Å². The van der Waals surface area contributed by atoms with Crippen LogP contribution in [0.1, 0.15) is 17.2 Å². The lowest BCUT2D eigenvalue weighted by atomic mass is 10.3. The van der Waals surface area contributed by atoms with Crippen LogP contribution in [-0.4, -0.2) is 26.1 Å². The Morgan fingerprint density at radius 3 is 2.86 bits per heavy atom. The fourth-order valence-corrected chi connectivity index (χ4v) is 1.47. The van der Waals surface area contributed by atoms with Gasteiger partial charge in [-0.3, -0.25) is 4.98 Å². The van der Waals surface area contributed by atoms with Gasteiger partial charge in [0.1, 0.15) is 5.82 Å². The van der Waals surface area contributed by atoms with Gasteiger partial charge in [0, 0.05) is 6.42 Å². The van der Waals surface area contributed by atoms with Gasteiger partial charge in [0.25, 0.3) is 0 Å². The number of aryl methyl sites for hydroxylation is 2. The third-order valence-electron chi connectivity index (χ3n) is 2.04. The molecule has 0 aliphatic carbocycles. The Labute approximate surface area is 82.0 Å². The monoisotopic (exact) mass is 191 g/mol. The van der Waals surface area contributed by atoms with Crippen molar-refractivity contribution in [2.24, 2.45) is 5.73 Å². The Morgan fingerprint density at radius 2 is 2.14 bits per heavy atom. The molecular formula is C9H13N5. The Morgan fingerprint density at radius 1 is 1.36 bits per heavy atom. The molecule has 0 radical (unpaired) electrons. The first-order valence-electron chi connectivity index (χ1n) is 4.60. The fraction of sp³-hybridized carbons (Fsp3) is 0.444. The summed E-state index contributed by atoms with van der Waals surface area (Å²) in [5, 5.41) is 4.24. The van der Waals surface area contributed by atoms with Crippen LogP contribution in [0.4, 0.5) is 0 Å². The Kier molecular flexibility index (Phi) is 2.17. The number of hydrogen-bond donors (Lipinski definition) is 1. The molecule has 0 unspecified atom stereocenters. The molecule has 2 rings (SSSR count). The zero-order chi connectivity index (χ0) is 10.1. The average Bonchev–Trinajstić information content (AvgIpc) is 2.47. The molecule has 2 N–H and O–H groups in total. The van der Waals surface area contributed by atoms with E-state index in [0.717, 1.165) is 29.3 Å². The van der Waals surface area contributed by atoms with E-state index in [0.29, 0.717) is 6.54 Å². The first-order valence-corrected chi connectivity index (χ1v) is 4.60. The van der Waals surface area contributed by atoms with Crippen LogP contribution >= 0.6 is 0 Å². The molecule has 0 bridgehead atoms. The van der Waals surface area contributed by atoms with Gasteiger partial charge in [0.05, 0.1) is 17.6 Å². The summed E-state index contributed by atoms with van der Waals surface area (Å²) in [6.07, 6.45) is 2.66. The fourth-order valence-electron chi connectivity index (χ4n) is 1.47. The highest BCUT2D eigenvalue weighted by molar-refractivity contribution is 5.42. The molecule has 0 saturated heterocycles. The van der Waals surface area contributed by atoms with Gasteiger partial charge >= 0.3 is 0 Å². The van der Waals surface area contributed by atoms with Crippen LogP contribution in [0, 0.1) is 13.8 Å². The molecule has 2 aromatic heterocycles. The van der Waals surface area contributed by atoms with Gasteiger partial charge in [0.15, 0.2) is 5.65 Å². The highest BCUT2D eigenvalue weighted by Gasteiger charge is 2.05. The molecule has 0 saturated carbocycles. The zero-order valence-corrected chi connectivity index (χ0v) is 8.36. The maximum Gasteiger partial charge on any atom is 0.176 e. The van der Waals surface area contributed by atoms with E-state index in [1.165, 1.54) is 0 Å². The van der Waals surface area contributed by atoms with E-state index in [1.807, 2.05) is 20.0 Å². The topological polar surface area (TPSA) is 69.1 Å². The van der Waals surface area contributed by atoms with Crippen molar-refractivity contribution >= 4 is 5.65 Å². The summed E-state index contributed by atoms with van der Waals surface area (Å²) in [4.78, 5) is 8.67. The van der Waals surface area contributed by atoms with Crippen molar-refractivity contribution in [2.45, 2.75) is 20.3 Å². The van der Waals surface area contributed by atoms with Gasteiger partial charge in [-0.15, -0.1) is 0 Å². The van der Waals surface area contributed by atoms with E-state index in [9.17, 15) is 0 Å². The standard InChI is InChI=1S/C9H13N5/c1-6-9-12-7(2)13-14(9)5-8(11-6)3-4-10/h5H,3-4,10H2,1-2H3. The lowest BCUT2D eigenvalue weighted by Crippen LogP contribution is -2.07. The van der Waals surface area contributed by atoms with Crippen molar-refractivity contribution in [3.05, 3.63) is 23.4 Å². The summed E-state index contributed by atoms with van der Waals surface area (Å²) < 4.78 is 1.77. The smallest absolute Gasteiger partial charge is 0.176 e.